The Morgan fingerprint density at radius 3 is 2.25 bits per heavy atom. The van der Waals surface area contributed by atoms with Crippen LogP contribution in [0.4, 0.5) is 0 Å². The van der Waals surface area contributed by atoms with Crippen molar-refractivity contribution in [1.29, 1.82) is 0 Å². The summed E-state index contributed by atoms with van der Waals surface area (Å²) in [6.45, 7) is 5.52. The van der Waals surface area contributed by atoms with Gasteiger partial charge < -0.3 is 4.74 Å². The van der Waals surface area contributed by atoms with Crippen molar-refractivity contribution in [2.45, 2.75) is 31.4 Å². The lowest BCUT2D eigenvalue weighted by Gasteiger charge is -2.16. The lowest BCUT2D eigenvalue weighted by atomic mass is 9.97. The normalized spacial score (nSPS) is 11.1. The first-order chi connectivity index (χ1) is 11.3. The zero-order valence-corrected chi connectivity index (χ0v) is 16.4. The van der Waals surface area contributed by atoms with Gasteiger partial charge >= 0.3 is 5.97 Å². The van der Waals surface area contributed by atoms with Crippen LogP contribution < -0.4 is 4.74 Å². The Hall–Kier alpha value is -1.30. The molecule has 0 aliphatic rings. The zero-order chi connectivity index (χ0) is 17.6. The lowest BCUT2D eigenvalue weighted by molar-refractivity contribution is -0.142. The maximum Gasteiger partial charge on any atom is 0.316 e. The molecule has 0 aliphatic heterocycles. The highest BCUT2D eigenvalue weighted by atomic mass is 32.2. The summed E-state index contributed by atoms with van der Waals surface area (Å²) in [4.78, 5) is 13.0. The van der Waals surface area contributed by atoms with Crippen molar-refractivity contribution in [3.05, 3.63) is 60.2 Å². The van der Waals surface area contributed by atoms with Crippen LogP contribution in [0.2, 0.25) is 0 Å². The molecule has 0 bridgehead atoms. The van der Waals surface area contributed by atoms with Crippen molar-refractivity contribution >= 4 is 45.2 Å². The predicted molar refractivity (Wildman–Crippen MR) is 108 cm³/mol. The smallest absolute Gasteiger partial charge is 0.316 e. The molecular weight excluding hydrogens is 356 g/mol. The Morgan fingerprint density at radius 1 is 1.04 bits per heavy atom. The monoisotopic (exact) mass is 376 g/mol. The molecule has 0 amide bonds. The number of ether oxygens (including phenoxy) is 1. The number of carbonyl (C=O) groups is 1. The van der Waals surface area contributed by atoms with E-state index in [-0.39, 0.29) is 5.97 Å². The van der Waals surface area contributed by atoms with E-state index >= 15 is 0 Å². The van der Waals surface area contributed by atoms with Crippen molar-refractivity contribution in [1.82, 2.24) is 0 Å². The van der Waals surface area contributed by atoms with Gasteiger partial charge in [0.15, 0.2) is 0 Å². The minimum atomic E-state index is -0.505. The van der Waals surface area contributed by atoms with Crippen LogP contribution in [0.15, 0.2) is 59.5 Å². The minimum Gasteiger partial charge on any atom is -0.426 e. The topological polar surface area (TPSA) is 26.3 Å². The molecule has 24 heavy (non-hydrogen) atoms. The highest BCUT2D eigenvalue weighted by Crippen LogP contribution is 2.28. The van der Waals surface area contributed by atoms with Gasteiger partial charge in [0.25, 0.3) is 0 Å². The van der Waals surface area contributed by atoms with E-state index < -0.39 is 5.41 Å². The summed E-state index contributed by atoms with van der Waals surface area (Å²) in [6, 6.07) is 17.7. The molecule has 2 rings (SSSR count). The molecule has 5 heteroatoms. The molecule has 0 aromatic heterocycles. The second-order valence-corrected chi connectivity index (χ2v) is 9.49. The predicted octanol–water partition coefficient (Wildman–Crippen LogP) is 5.95. The first kappa shape index (κ1) is 19.0. The molecule has 0 spiro atoms. The Morgan fingerprint density at radius 2 is 1.67 bits per heavy atom. The van der Waals surface area contributed by atoms with Gasteiger partial charge in [-0.25, -0.2) is 0 Å². The lowest BCUT2D eigenvalue weighted by Crippen LogP contribution is -2.25. The summed E-state index contributed by atoms with van der Waals surface area (Å²) in [7, 11) is 0. The van der Waals surface area contributed by atoms with Gasteiger partial charge in [-0.3, -0.25) is 4.79 Å². The van der Waals surface area contributed by atoms with Crippen molar-refractivity contribution < 1.29 is 9.53 Å². The van der Waals surface area contributed by atoms with Crippen LogP contribution in [0.5, 0.6) is 5.75 Å². The molecule has 0 aliphatic carbocycles. The molecule has 0 heterocycles. The molecule has 0 unspecified atom stereocenters. The summed E-state index contributed by atoms with van der Waals surface area (Å²) in [5.74, 6) is 1.14. The highest BCUT2D eigenvalue weighted by molar-refractivity contribution is 8.46. The van der Waals surface area contributed by atoms with E-state index in [0.717, 1.165) is 19.7 Å². The molecule has 0 atom stereocenters. The second-order valence-electron chi connectivity index (χ2n) is 6.24. The minimum absolute atomic E-state index is 0.231. The summed E-state index contributed by atoms with van der Waals surface area (Å²) >= 11 is 8.65. The zero-order valence-electron chi connectivity index (χ0n) is 13.9. The molecule has 2 aromatic carbocycles. The molecule has 126 valence electrons. The average Bonchev–Trinajstić information content (AvgIpc) is 2.54. The maximum atomic E-state index is 11.9. The van der Waals surface area contributed by atoms with E-state index in [1.165, 1.54) is 0 Å². The number of rotatable bonds is 4. The fourth-order valence-corrected chi connectivity index (χ4v) is 3.80. The third-order valence-corrected chi connectivity index (χ3v) is 5.64. The van der Waals surface area contributed by atoms with Crippen LogP contribution in [0.25, 0.3) is 0 Å². The first-order valence-corrected chi connectivity index (χ1v) is 9.76. The molecule has 2 aromatic rings. The van der Waals surface area contributed by atoms with Gasteiger partial charge in [0, 0.05) is 10.6 Å². The molecule has 0 radical (unpaired) electrons. The summed E-state index contributed by atoms with van der Waals surface area (Å²) in [5, 5.41) is 0. The van der Waals surface area contributed by atoms with E-state index in [4.69, 9.17) is 17.0 Å². The first-order valence-electron chi connectivity index (χ1n) is 7.55. The van der Waals surface area contributed by atoms with Crippen molar-refractivity contribution in [3.8, 4) is 5.75 Å². The van der Waals surface area contributed by atoms with E-state index in [1.54, 1.807) is 23.5 Å². The average molecular weight is 377 g/mol. The SMILES string of the molecule is CC(C)(C)C(=O)Oc1ccc(CSC(=S)Sc2ccccc2)cc1. The third-order valence-electron chi connectivity index (χ3n) is 3.05. The van der Waals surface area contributed by atoms with Gasteiger partial charge in [-0.2, -0.15) is 0 Å². The third kappa shape index (κ3) is 6.30. The second kappa shape index (κ2) is 8.70. The molecule has 0 fully saturated rings. The molecule has 0 N–H and O–H groups in total. The summed E-state index contributed by atoms with van der Waals surface area (Å²) in [5.41, 5.74) is 0.640. The molecule has 2 nitrogen and oxygen atoms in total. The van der Waals surface area contributed by atoms with Crippen LogP contribution >= 0.6 is 35.7 Å². The van der Waals surface area contributed by atoms with Gasteiger partial charge in [0.1, 0.15) is 9.28 Å². The fraction of sp³-hybridized carbons (Fsp3) is 0.263. The van der Waals surface area contributed by atoms with E-state index in [2.05, 4.69) is 12.1 Å². The summed E-state index contributed by atoms with van der Waals surface area (Å²) < 4.78 is 6.26. The molecule has 0 saturated carbocycles. The Labute approximate surface area is 157 Å². The van der Waals surface area contributed by atoms with Gasteiger partial charge in [-0.05, 0) is 50.6 Å². The maximum absolute atomic E-state index is 11.9. The number of carbonyl (C=O) groups excluding carboxylic acids is 1. The Kier molecular flexibility index (Phi) is 6.90. The molecular formula is C19H20O2S3. The summed E-state index contributed by atoms with van der Waals surface area (Å²) in [6.07, 6.45) is 0. The van der Waals surface area contributed by atoms with Crippen molar-refractivity contribution in [2.24, 2.45) is 5.41 Å². The Balaban J connectivity index is 1.83. The Bertz CT molecular complexity index is 689. The molecule has 0 saturated heterocycles. The standard InChI is InChI=1S/C19H20O2S3/c1-19(2,3)17(20)21-15-11-9-14(10-12-15)13-23-18(22)24-16-7-5-4-6-8-16/h4-12H,13H2,1-3H3. The van der Waals surface area contributed by atoms with Crippen LogP contribution in [-0.2, 0) is 10.5 Å². The van der Waals surface area contributed by atoms with Gasteiger partial charge in [-0.1, -0.05) is 54.3 Å². The van der Waals surface area contributed by atoms with Crippen molar-refractivity contribution in [3.63, 3.8) is 0 Å². The van der Waals surface area contributed by atoms with E-state index in [9.17, 15) is 4.79 Å². The van der Waals surface area contributed by atoms with Crippen LogP contribution in [0.3, 0.4) is 0 Å². The fourth-order valence-electron chi connectivity index (χ4n) is 1.67. The largest absolute Gasteiger partial charge is 0.426 e. The van der Waals surface area contributed by atoms with E-state index in [1.807, 2.05) is 63.2 Å². The number of benzene rings is 2. The van der Waals surface area contributed by atoms with Gasteiger partial charge in [0.05, 0.1) is 5.41 Å². The highest BCUT2D eigenvalue weighted by Gasteiger charge is 2.23. The van der Waals surface area contributed by atoms with E-state index in [0.29, 0.717) is 5.75 Å². The number of esters is 1. The number of hydrogen-bond acceptors (Lipinski definition) is 5. The van der Waals surface area contributed by atoms with Crippen LogP contribution in [-0.4, -0.2) is 9.50 Å². The number of thioether (sulfide) groups is 2. The van der Waals surface area contributed by atoms with Gasteiger partial charge in [0.2, 0.25) is 0 Å². The van der Waals surface area contributed by atoms with Crippen LogP contribution in [0, 0.1) is 5.41 Å². The number of thiocarbonyl (C=S) groups is 1. The van der Waals surface area contributed by atoms with Crippen molar-refractivity contribution in [2.75, 3.05) is 0 Å². The van der Waals surface area contributed by atoms with Gasteiger partial charge in [-0.15, -0.1) is 11.8 Å². The quantitative estimate of drug-likeness (QED) is 0.284. The number of hydrogen-bond donors (Lipinski definition) is 0. The van der Waals surface area contributed by atoms with Crippen LogP contribution in [0.1, 0.15) is 26.3 Å².